The third-order valence-corrected chi connectivity index (χ3v) is 3.97. The minimum Gasteiger partial charge on any atom is -0.456 e. The van der Waals surface area contributed by atoms with Crippen LogP contribution in [0.3, 0.4) is 0 Å². The number of fused-ring (bicyclic) bond motifs is 1. The van der Waals surface area contributed by atoms with Crippen molar-refractivity contribution in [3.05, 3.63) is 30.2 Å². The highest BCUT2D eigenvalue weighted by atomic mass is 16.5. The normalized spacial score (nSPS) is 15.0. The van der Waals surface area contributed by atoms with Gasteiger partial charge in [-0.05, 0) is 25.0 Å². The lowest BCUT2D eigenvalue weighted by Crippen LogP contribution is -2.35. The summed E-state index contributed by atoms with van der Waals surface area (Å²) < 4.78 is 10.5. The molecule has 0 saturated heterocycles. The van der Waals surface area contributed by atoms with Gasteiger partial charge in [0.05, 0.1) is 6.42 Å². The van der Waals surface area contributed by atoms with E-state index in [-0.39, 0.29) is 25.0 Å². The van der Waals surface area contributed by atoms with Crippen molar-refractivity contribution < 1.29 is 18.7 Å². The Kier molecular flexibility index (Phi) is 4.90. The molecule has 0 unspecified atom stereocenters. The van der Waals surface area contributed by atoms with E-state index >= 15 is 0 Å². The Morgan fingerprint density at radius 1 is 1.26 bits per heavy atom. The molecule has 1 aliphatic rings. The van der Waals surface area contributed by atoms with Crippen molar-refractivity contribution in [2.45, 2.75) is 44.6 Å². The van der Waals surface area contributed by atoms with E-state index in [0.717, 1.165) is 31.2 Å². The monoisotopic (exact) mass is 316 g/mol. The first-order valence-electron chi connectivity index (χ1n) is 8.00. The third kappa shape index (κ3) is 4.31. The maximum atomic E-state index is 11.7. The van der Waals surface area contributed by atoms with E-state index in [4.69, 9.17) is 9.15 Å². The Balaban J connectivity index is 1.39. The molecule has 1 fully saturated rings. The van der Waals surface area contributed by atoms with Gasteiger partial charge < -0.3 is 14.5 Å². The number of rotatable bonds is 6. The quantitative estimate of drug-likeness (QED) is 0.827. The van der Waals surface area contributed by atoms with Gasteiger partial charge in [-0.3, -0.25) is 9.59 Å². The SMILES string of the molecule is O=C(COC(=O)CCc1nc2ccccc2o1)NC1CCCC1. The molecule has 122 valence electrons. The van der Waals surface area contributed by atoms with Gasteiger partial charge in [-0.25, -0.2) is 4.98 Å². The molecule has 0 aliphatic heterocycles. The second-order valence-corrected chi connectivity index (χ2v) is 5.78. The molecule has 6 heteroatoms. The van der Waals surface area contributed by atoms with Crippen LogP contribution in [-0.2, 0) is 20.7 Å². The Hall–Kier alpha value is -2.37. The zero-order chi connectivity index (χ0) is 16.1. The first kappa shape index (κ1) is 15.5. The molecular formula is C17H20N2O4. The Morgan fingerprint density at radius 3 is 2.83 bits per heavy atom. The number of ether oxygens (including phenoxy) is 1. The lowest BCUT2D eigenvalue weighted by Gasteiger charge is -2.11. The van der Waals surface area contributed by atoms with Crippen molar-refractivity contribution >= 4 is 23.0 Å². The maximum absolute atomic E-state index is 11.7. The summed E-state index contributed by atoms with van der Waals surface area (Å²) in [5, 5.41) is 2.88. The maximum Gasteiger partial charge on any atom is 0.306 e. The van der Waals surface area contributed by atoms with Crippen LogP contribution < -0.4 is 5.32 Å². The van der Waals surface area contributed by atoms with Gasteiger partial charge in [-0.15, -0.1) is 0 Å². The first-order chi connectivity index (χ1) is 11.2. The number of benzene rings is 1. The second kappa shape index (κ2) is 7.26. The Morgan fingerprint density at radius 2 is 2.04 bits per heavy atom. The van der Waals surface area contributed by atoms with Gasteiger partial charge in [-0.1, -0.05) is 25.0 Å². The van der Waals surface area contributed by atoms with Crippen LogP contribution in [0.15, 0.2) is 28.7 Å². The van der Waals surface area contributed by atoms with Gasteiger partial charge in [-0.2, -0.15) is 0 Å². The van der Waals surface area contributed by atoms with Gasteiger partial charge in [0.1, 0.15) is 5.52 Å². The molecule has 23 heavy (non-hydrogen) atoms. The Bertz CT molecular complexity index is 656. The highest BCUT2D eigenvalue weighted by Crippen LogP contribution is 2.17. The molecule has 1 heterocycles. The largest absolute Gasteiger partial charge is 0.456 e. The second-order valence-electron chi connectivity index (χ2n) is 5.78. The molecule has 1 amide bonds. The first-order valence-corrected chi connectivity index (χ1v) is 8.00. The number of hydrogen-bond acceptors (Lipinski definition) is 5. The highest BCUT2D eigenvalue weighted by Gasteiger charge is 2.18. The average molecular weight is 316 g/mol. The van der Waals surface area contributed by atoms with E-state index in [1.54, 1.807) is 0 Å². The van der Waals surface area contributed by atoms with Gasteiger partial charge >= 0.3 is 5.97 Å². The van der Waals surface area contributed by atoms with Crippen molar-refractivity contribution in [3.63, 3.8) is 0 Å². The molecule has 0 atom stereocenters. The van der Waals surface area contributed by atoms with Crippen LogP contribution in [0.5, 0.6) is 0 Å². The van der Waals surface area contributed by atoms with Crippen LogP contribution in [0.4, 0.5) is 0 Å². The topological polar surface area (TPSA) is 81.4 Å². The van der Waals surface area contributed by atoms with Gasteiger partial charge in [0.2, 0.25) is 0 Å². The van der Waals surface area contributed by atoms with E-state index in [1.165, 1.54) is 0 Å². The molecule has 1 aromatic carbocycles. The van der Waals surface area contributed by atoms with Crippen LogP contribution in [0.1, 0.15) is 38.0 Å². The number of aryl methyl sites for hydroxylation is 1. The van der Waals surface area contributed by atoms with E-state index in [2.05, 4.69) is 10.3 Å². The molecule has 1 saturated carbocycles. The van der Waals surface area contributed by atoms with Crippen LogP contribution >= 0.6 is 0 Å². The van der Waals surface area contributed by atoms with Crippen molar-refractivity contribution in [3.8, 4) is 0 Å². The molecule has 0 radical (unpaired) electrons. The molecule has 1 aromatic heterocycles. The third-order valence-electron chi connectivity index (χ3n) is 3.97. The van der Waals surface area contributed by atoms with Crippen LogP contribution in [0, 0.1) is 0 Å². The predicted molar refractivity (Wildman–Crippen MR) is 83.7 cm³/mol. The lowest BCUT2D eigenvalue weighted by molar-refractivity contribution is -0.148. The smallest absolute Gasteiger partial charge is 0.306 e. The number of oxazole rings is 1. The number of carbonyl (C=O) groups is 2. The number of nitrogens with one attached hydrogen (secondary N) is 1. The van der Waals surface area contributed by atoms with Crippen molar-refractivity contribution in [2.75, 3.05) is 6.61 Å². The minimum atomic E-state index is -0.422. The van der Waals surface area contributed by atoms with Gasteiger partial charge in [0, 0.05) is 12.5 Å². The summed E-state index contributed by atoms with van der Waals surface area (Å²) in [6.45, 7) is -0.219. The van der Waals surface area contributed by atoms with Crippen LogP contribution in [0.2, 0.25) is 0 Å². The molecule has 2 aromatic rings. The summed E-state index contributed by atoms with van der Waals surface area (Å²) in [6, 6.07) is 7.67. The Labute approximate surface area is 134 Å². The zero-order valence-electron chi connectivity index (χ0n) is 12.9. The highest BCUT2D eigenvalue weighted by molar-refractivity contribution is 5.80. The van der Waals surface area contributed by atoms with E-state index in [9.17, 15) is 9.59 Å². The zero-order valence-corrected chi connectivity index (χ0v) is 12.9. The summed E-state index contributed by atoms with van der Waals surface area (Å²) in [4.78, 5) is 27.7. The lowest BCUT2D eigenvalue weighted by atomic mass is 10.2. The van der Waals surface area contributed by atoms with Crippen molar-refractivity contribution in [2.24, 2.45) is 0 Å². The molecule has 1 N–H and O–H groups in total. The molecule has 1 aliphatic carbocycles. The van der Waals surface area contributed by atoms with Crippen LogP contribution in [0.25, 0.3) is 11.1 Å². The predicted octanol–water partition coefficient (Wildman–Crippen LogP) is 2.36. The molecular weight excluding hydrogens is 296 g/mol. The molecule has 0 spiro atoms. The average Bonchev–Trinajstić information content (AvgIpc) is 3.19. The minimum absolute atomic E-state index is 0.142. The number of aromatic nitrogens is 1. The number of amides is 1. The molecule has 6 nitrogen and oxygen atoms in total. The number of esters is 1. The van der Waals surface area contributed by atoms with Crippen molar-refractivity contribution in [1.82, 2.24) is 10.3 Å². The summed E-state index contributed by atoms with van der Waals surface area (Å²) in [7, 11) is 0. The molecule has 0 bridgehead atoms. The van der Waals surface area contributed by atoms with Gasteiger partial charge in [0.15, 0.2) is 18.1 Å². The van der Waals surface area contributed by atoms with Gasteiger partial charge in [0.25, 0.3) is 5.91 Å². The fourth-order valence-electron chi connectivity index (χ4n) is 2.79. The van der Waals surface area contributed by atoms with E-state index in [1.807, 2.05) is 24.3 Å². The summed E-state index contributed by atoms with van der Waals surface area (Å²) in [5.74, 6) is -0.153. The van der Waals surface area contributed by atoms with E-state index in [0.29, 0.717) is 17.9 Å². The van der Waals surface area contributed by atoms with Crippen molar-refractivity contribution in [1.29, 1.82) is 0 Å². The summed E-state index contributed by atoms with van der Waals surface area (Å²) in [5.41, 5.74) is 1.47. The summed E-state index contributed by atoms with van der Waals surface area (Å²) in [6.07, 6.45) is 4.82. The number of carbonyl (C=O) groups excluding carboxylic acids is 2. The number of nitrogens with zero attached hydrogens (tertiary/aromatic N) is 1. The fraction of sp³-hybridized carbons (Fsp3) is 0.471. The van der Waals surface area contributed by atoms with Crippen LogP contribution in [-0.4, -0.2) is 29.5 Å². The molecule has 3 rings (SSSR count). The number of para-hydroxylation sites is 2. The fourth-order valence-corrected chi connectivity index (χ4v) is 2.79. The standard InChI is InChI=1S/C17H20N2O4/c20-15(18-12-5-1-2-6-12)11-22-17(21)10-9-16-19-13-7-3-4-8-14(13)23-16/h3-4,7-8,12H,1-2,5-6,9-11H2,(H,18,20). The number of hydrogen-bond donors (Lipinski definition) is 1. The van der Waals surface area contributed by atoms with E-state index < -0.39 is 5.97 Å². The summed E-state index contributed by atoms with van der Waals surface area (Å²) >= 11 is 0.